The predicted octanol–water partition coefficient (Wildman–Crippen LogP) is 2.65. The second kappa shape index (κ2) is 7.61. The lowest BCUT2D eigenvalue weighted by atomic mass is 9.64. The summed E-state index contributed by atoms with van der Waals surface area (Å²) >= 11 is 0. The zero-order valence-corrected chi connectivity index (χ0v) is 14.3. The van der Waals surface area contributed by atoms with Crippen molar-refractivity contribution in [3.05, 3.63) is 11.7 Å². The van der Waals surface area contributed by atoms with Crippen molar-refractivity contribution in [2.75, 3.05) is 13.1 Å². The third-order valence-corrected chi connectivity index (χ3v) is 4.18. The maximum absolute atomic E-state index is 4.97. The molecule has 0 aromatic carbocycles. The molecule has 6 heteroatoms. The number of aromatic nitrogens is 2. The van der Waals surface area contributed by atoms with Crippen LogP contribution in [0.25, 0.3) is 0 Å². The number of rotatable bonds is 7. The fourth-order valence-corrected chi connectivity index (χ4v) is 3.16. The van der Waals surface area contributed by atoms with Crippen LogP contribution in [0, 0.1) is 18.3 Å². The summed E-state index contributed by atoms with van der Waals surface area (Å²) < 4.78 is 4.97. The van der Waals surface area contributed by atoms with E-state index in [1.165, 1.54) is 25.7 Å². The summed E-state index contributed by atoms with van der Waals surface area (Å²) in [5.74, 6) is 2.77. The first-order valence-electron chi connectivity index (χ1n) is 8.34. The molecule has 0 amide bonds. The number of nitrogens with zero attached hydrogens (tertiary/aromatic N) is 3. The van der Waals surface area contributed by atoms with Crippen LogP contribution >= 0.6 is 0 Å². The van der Waals surface area contributed by atoms with E-state index < -0.39 is 0 Å². The van der Waals surface area contributed by atoms with Gasteiger partial charge in [0.2, 0.25) is 5.89 Å². The second-order valence-electron chi connectivity index (χ2n) is 6.73. The highest BCUT2D eigenvalue weighted by molar-refractivity contribution is 5.79. The van der Waals surface area contributed by atoms with Crippen LogP contribution in [0.15, 0.2) is 9.52 Å². The lowest BCUT2D eigenvalue weighted by Gasteiger charge is -2.43. The first-order valence-corrected chi connectivity index (χ1v) is 8.34. The third kappa shape index (κ3) is 4.71. The molecule has 2 rings (SSSR count). The average molecular weight is 307 g/mol. The van der Waals surface area contributed by atoms with E-state index in [4.69, 9.17) is 4.52 Å². The zero-order chi connectivity index (χ0) is 16.0. The number of hydrogen-bond donors (Lipinski definition) is 2. The Balaban J connectivity index is 1.90. The average Bonchev–Trinajstić information content (AvgIpc) is 2.84. The van der Waals surface area contributed by atoms with Crippen molar-refractivity contribution in [3.8, 4) is 0 Å². The molecule has 0 atom stereocenters. The Morgan fingerprint density at radius 2 is 2.14 bits per heavy atom. The minimum Gasteiger partial charge on any atom is -0.357 e. The summed E-state index contributed by atoms with van der Waals surface area (Å²) in [6.07, 6.45) is 5.27. The summed E-state index contributed by atoms with van der Waals surface area (Å²) in [6.45, 7) is 10.7. The molecule has 1 aliphatic rings. The molecule has 0 radical (unpaired) electrons. The van der Waals surface area contributed by atoms with E-state index in [2.05, 4.69) is 46.5 Å². The Morgan fingerprint density at radius 3 is 2.64 bits per heavy atom. The van der Waals surface area contributed by atoms with Crippen LogP contribution in [-0.2, 0) is 6.54 Å². The maximum atomic E-state index is 4.97. The Hall–Kier alpha value is -1.59. The molecule has 124 valence electrons. The minimum absolute atomic E-state index is 0.434. The highest BCUT2D eigenvalue weighted by Gasteiger charge is 2.37. The van der Waals surface area contributed by atoms with E-state index in [1.807, 2.05) is 0 Å². The summed E-state index contributed by atoms with van der Waals surface area (Å²) in [4.78, 5) is 8.73. The van der Waals surface area contributed by atoms with Gasteiger partial charge in [0.15, 0.2) is 11.8 Å². The lowest BCUT2D eigenvalue weighted by Crippen LogP contribution is -2.47. The van der Waals surface area contributed by atoms with E-state index in [9.17, 15) is 0 Å². The van der Waals surface area contributed by atoms with Gasteiger partial charge in [-0.3, -0.25) is 0 Å². The molecule has 1 aromatic heterocycles. The Labute approximate surface area is 133 Å². The van der Waals surface area contributed by atoms with Gasteiger partial charge in [-0.25, -0.2) is 4.99 Å². The Bertz CT molecular complexity index is 490. The summed E-state index contributed by atoms with van der Waals surface area (Å²) in [5, 5.41) is 10.7. The smallest absolute Gasteiger partial charge is 0.223 e. The maximum Gasteiger partial charge on any atom is 0.223 e. The van der Waals surface area contributed by atoms with Crippen LogP contribution in [0.1, 0.15) is 58.2 Å². The van der Waals surface area contributed by atoms with Crippen molar-refractivity contribution in [3.63, 3.8) is 0 Å². The zero-order valence-electron chi connectivity index (χ0n) is 14.3. The lowest BCUT2D eigenvalue weighted by molar-refractivity contribution is 0.104. The van der Waals surface area contributed by atoms with Gasteiger partial charge >= 0.3 is 0 Å². The van der Waals surface area contributed by atoms with E-state index in [0.29, 0.717) is 23.7 Å². The minimum atomic E-state index is 0.434. The molecular weight excluding hydrogens is 278 g/mol. The molecule has 0 saturated heterocycles. The molecule has 1 heterocycles. The first kappa shape index (κ1) is 16.8. The van der Waals surface area contributed by atoms with Gasteiger partial charge in [0, 0.05) is 20.0 Å². The number of nitrogens with one attached hydrogen (secondary N) is 2. The molecule has 0 unspecified atom stereocenters. The molecular formula is C16H29N5O. The van der Waals surface area contributed by atoms with Crippen molar-refractivity contribution in [2.24, 2.45) is 16.3 Å². The van der Waals surface area contributed by atoms with Crippen LogP contribution < -0.4 is 10.6 Å². The SMILES string of the molecule is CCNC(=NCc1noc(C)n1)NCC1(CC(C)C)CCC1. The van der Waals surface area contributed by atoms with Gasteiger partial charge in [-0.1, -0.05) is 25.4 Å². The topological polar surface area (TPSA) is 75.3 Å². The highest BCUT2D eigenvalue weighted by Crippen LogP contribution is 2.45. The summed E-state index contributed by atoms with van der Waals surface area (Å²) in [5.41, 5.74) is 0.451. The van der Waals surface area contributed by atoms with Crippen molar-refractivity contribution >= 4 is 5.96 Å². The molecule has 1 aromatic rings. The van der Waals surface area contributed by atoms with Crippen molar-refractivity contribution in [1.82, 2.24) is 20.8 Å². The summed E-state index contributed by atoms with van der Waals surface area (Å²) in [6, 6.07) is 0. The fourth-order valence-electron chi connectivity index (χ4n) is 3.16. The predicted molar refractivity (Wildman–Crippen MR) is 87.6 cm³/mol. The van der Waals surface area contributed by atoms with Crippen molar-refractivity contribution in [1.29, 1.82) is 0 Å². The monoisotopic (exact) mass is 307 g/mol. The quantitative estimate of drug-likeness (QED) is 0.598. The molecule has 1 aliphatic carbocycles. The Morgan fingerprint density at radius 1 is 1.36 bits per heavy atom. The fraction of sp³-hybridized carbons (Fsp3) is 0.812. The van der Waals surface area contributed by atoms with Crippen LogP contribution in [0.3, 0.4) is 0 Å². The molecule has 1 fully saturated rings. The van der Waals surface area contributed by atoms with Crippen LogP contribution in [0.4, 0.5) is 0 Å². The molecule has 6 nitrogen and oxygen atoms in total. The third-order valence-electron chi connectivity index (χ3n) is 4.18. The van der Waals surface area contributed by atoms with Crippen LogP contribution in [0.2, 0.25) is 0 Å². The molecule has 0 spiro atoms. The molecule has 22 heavy (non-hydrogen) atoms. The second-order valence-corrected chi connectivity index (χ2v) is 6.73. The summed E-state index contributed by atoms with van der Waals surface area (Å²) in [7, 11) is 0. The number of aryl methyl sites for hydroxylation is 1. The van der Waals surface area contributed by atoms with Gasteiger partial charge in [0.1, 0.15) is 6.54 Å². The van der Waals surface area contributed by atoms with E-state index >= 15 is 0 Å². The van der Waals surface area contributed by atoms with E-state index in [-0.39, 0.29) is 0 Å². The van der Waals surface area contributed by atoms with Gasteiger partial charge < -0.3 is 15.2 Å². The largest absolute Gasteiger partial charge is 0.357 e. The van der Waals surface area contributed by atoms with E-state index in [1.54, 1.807) is 6.92 Å². The van der Waals surface area contributed by atoms with Crippen LogP contribution in [0.5, 0.6) is 0 Å². The van der Waals surface area contributed by atoms with Gasteiger partial charge in [-0.2, -0.15) is 4.98 Å². The molecule has 0 bridgehead atoms. The molecule has 2 N–H and O–H groups in total. The van der Waals surface area contributed by atoms with Gasteiger partial charge in [0.05, 0.1) is 0 Å². The van der Waals surface area contributed by atoms with Gasteiger partial charge in [-0.15, -0.1) is 0 Å². The van der Waals surface area contributed by atoms with Gasteiger partial charge in [0.25, 0.3) is 0 Å². The van der Waals surface area contributed by atoms with E-state index in [0.717, 1.165) is 25.0 Å². The number of aliphatic imine (C=N–C) groups is 1. The van der Waals surface area contributed by atoms with Crippen LogP contribution in [-0.4, -0.2) is 29.2 Å². The Kier molecular flexibility index (Phi) is 5.80. The molecule has 0 aliphatic heterocycles. The number of hydrogen-bond acceptors (Lipinski definition) is 4. The normalized spacial score (nSPS) is 17.4. The number of guanidine groups is 1. The highest BCUT2D eigenvalue weighted by atomic mass is 16.5. The first-order chi connectivity index (χ1) is 10.5. The van der Waals surface area contributed by atoms with Crippen molar-refractivity contribution < 1.29 is 4.52 Å². The molecule has 1 saturated carbocycles. The van der Waals surface area contributed by atoms with Crippen molar-refractivity contribution in [2.45, 2.75) is 59.9 Å². The van der Waals surface area contributed by atoms with Gasteiger partial charge in [-0.05, 0) is 37.5 Å². The standard InChI is InChI=1S/C16H29N5O/c1-5-17-15(18-10-14-20-13(4)22-21-14)19-11-16(7-6-8-16)9-12(2)3/h12H,5-11H2,1-4H3,(H2,17,18,19).